The number of benzene rings is 1. The molecule has 0 saturated carbocycles. The van der Waals surface area contributed by atoms with E-state index >= 15 is 0 Å². The maximum atomic E-state index is 12.8. The van der Waals surface area contributed by atoms with Crippen LogP contribution in [0.25, 0.3) is 5.82 Å². The van der Waals surface area contributed by atoms with Gasteiger partial charge in [0.25, 0.3) is 5.91 Å². The molecule has 1 amide bonds. The molecule has 1 saturated heterocycles. The van der Waals surface area contributed by atoms with Gasteiger partial charge in [-0.2, -0.15) is 5.10 Å². The van der Waals surface area contributed by atoms with Crippen molar-refractivity contribution in [3.8, 4) is 17.3 Å². The summed E-state index contributed by atoms with van der Waals surface area (Å²) in [5, 5.41) is 12.5. The molecule has 0 radical (unpaired) electrons. The van der Waals surface area contributed by atoms with Crippen molar-refractivity contribution in [1.82, 2.24) is 29.9 Å². The summed E-state index contributed by atoms with van der Waals surface area (Å²) < 4.78 is 13.1. The Bertz CT molecular complexity index is 985. The molecular formula is C19H19N7O3. The molecule has 2 aromatic heterocycles. The Hall–Kier alpha value is -3.69. The Morgan fingerprint density at radius 2 is 1.72 bits per heavy atom. The number of hydrogen-bond acceptors (Lipinski definition) is 8. The number of carbonyl (C=O) groups is 1. The largest absolute Gasteiger partial charge is 0.485 e. The monoisotopic (exact) mass is 393 g/mol. The van der Waals surface area contributed by atoms with E-state index in [4.69, 9.17) is 9.47 Å². The molecule has 0 bridgehead atoms. The van der Waals surface area contributed by atoms with E-state index in [0.717, 1.165) is 5.82 Å². The fourth-order valence-electron chi connectivity index (χ4n) is 3.44. The van der Waals surface area contributed by atoms with E-state index in [1.165, 1.54) is 6.33 Å². The molecule has 2 aliphatic rings. The quantitative estimate of drug-likeness (QED) is 0.636. The normalized spacial score (nSPS) is 18.6. The van der Waals surface area contributed by atoms with Gasteiger partial charge in [0.15, 0.2) is 23.1 Å². The fourth-order valence-corrected chi connectivity index (χ4v) is 3.44. The molecule has 1 aromatic carbocycles. The molecule has 29 heavy (non-hydrogen) atoms. The summed E-state index contributed by atoms with van der Waals surface area (Å²) in [6.07, 6.45) is 2.41. The van der Waals surface area contributed by atoms with Gasteiger partial charge in [0.2, 0.25) is 6.10 Å². The molecule has 5 rings (SSSR count). The van der Waals surface area contributed by atoms with Crippen LogP contribution in [0.15, 0.2) is 49.1 Å². The first-order chi connectivity index (χ1) is 14.3. The predicted molar refractivity (Wildman–Crippen MR) is 102 cm³/mol. The van der Waals surface area contributed by atoms with Gasteiger partial charge in [0.05, 0.1) is 0 Å². The number of fused-ring (bicyclic) bond motifs is 1. The van der Waals surface area contributed by atoms with E-state index in [0.29, 0.717) is 43.5 Å². The molecule has 0 spiro atoms. The third-order valence-electron chi connectivity index (χ3n) is 4.99. The van der Waals surface area contributed by atoms with Crippen LogP contribution in [0.5, 0.6) is 11.5 Å². The molecular weight excluding hydrogens is 374 g/mol. The van der Waals surface area contributed by atoms with Crippen LogP contribution in [0.3, 0.4) is 0 Å². The highest BCUT2D eigenvalue weighted by Crippen LogP contribution is 2.31. The number of hydrogen-bond donors (Lipinski definition) is 0. The zero-order chi connectivity index (χ0) is 19.6. The van der Waals surface area contributed by atoms with Crippen LogP contribution in [0, 0.1) is 0 Å². The number of aromatic nitrogens is 5. The number of carbonyl (C=O) groups excluding carboxylic acids is 1. The van der Waals surface area contributed by atoms with E-state index in [1.54, 1.807) is 11.0 Å². The van der Waals surface area contributed by atoms with Gasteiger partial charge in [-0.3, -0.25) is 4.79 Å². The van der Waals surface area contributed by atoms with Crippen molar-refractivity contribution in [3.63, 3.8) is 0 Å². The number of para-hydroxylation sites is 2. The van der Waals surface area contributed by atoms with Crippen LogP contribution in [-0.2, 0) is 4.79 Å². The van der Waals surface area contributed by atoms with Crippen LogP contribution in [0.4, 0.5) is 5.82 Å². The van der Waals surface area contributed by atoms with E-state index in [9.17, 15) is 4.79 Å². The smallest absolute Gasteiger partial charge is 0.267 e. The second-order valence-corrected chi connectivity index (χ2v) is 6.77. The molecule has 1 fully saturated rings. The van der Waals surface area contributed by atoms with Crippen molar-refractivity contribution >= 4 is 11.7 Å². The van der Waals surface area contributed by atoms with Gasteiger partial charge >= 0.3 is 0 Å². The number of piperazine rings is 1. The van der Waals surface area contributed by atoms with E-state index in [1.807, 2.05) is 41.3 Å². The maximum Gasteiger partial charge on any atom is 0.267 e. The molecule has 0 aliphatic carbocycles. The molecule has 1 atom stereocenters. The van der Waals surface area contributed by atoms with Gasteiger partial charge in [0, 0.05) is 26.2 Å². The minimum absolute atomic E-state index is 0.0493. The van der Waals surface area contributed by atoms with Gasteiger partial charge in [0.1, 0.15) is 19.3 Å². The Balaban J connectivity index is 1.19. The van der Waals surface area contributed by atoms with Crippen LogP contribution in [0.1, 0.15) is 0 Å². The lowest BCUT2D eigenvalue weighted by atomic mass is 10.2. The zero-order valence-electron chi connectivity index (χ0n) is 15.6. The second kappa shape index (κ2) is 7.38. The topological polar surface area (TPSA) is 98.5 Å². The molecule has 10 heteroatoms. The van der Waals surface area contributed by atoms with Crippen molar-refractivity contribution in [2.24, 2.45) is 0 Å². The van der Waals surface area contributed by atoms with Crippen LogP contribution in [-0.4, -0.2) is 74.7 Å². The summed E-state index contributed by atoms with van der Waals surface area (Å²) in [6, 6.07) is 11.1. The number of ether oxygens (including phenoxy) is 2. The Kier molecular flexibility index (Phi) is 4.43. The van der Waals surface area contributed by atoms with Gasteiger partial charge in [-0.15, -0.1) is 10.2 Å². The third kappa shape index (κ3) is 3.44. The Morgan fingerprint density at radius 3 is 2.45 bits per heavy atom. The first-order valence-electron chi connectivity index (χ1n) is 9.39. The highest BCUT2D eigenvalue weighted by atomic mass is 16.6. The minimum atomic E-state index is -0.613. The number of nitrogens with zero attached hydrogens (tertiary/aromatic N) is 7. The summed E-state index contributed by atoms with van der Waals surface area (Å²) in [5.41, 5.74) is 0. The van der Waals surface area contributed by atoms with Crippen molar-refractivity contribution < 1.29 is 14.3 Å². The SMILES string of the molecule is O=C([C@H]1COc2ccccc2O1)N1CCN(c2ccc(-n3cncn3)nn2)CC1. The fraction of sp³-hybridized carbons (Fsp3) is 0.316. The molecule has 2 aliphatic heterocycles. The van der Waals surface area contributed by atoms with E-state index in [2.05, 4.69) is 25.2 Å². The summed E-state index contributed by atoms with van der Waals surface area (Å²) in [6.45, 7) is 2.76. The lowest BCUT2D eigenvalue weighted by Gasteiger charge is -2.37. The summed E-state index contributed by atoms with van der Waals surface area (Å²) in [4.78, 5) is 20.7. The molecule has 0 unspecified atom stereocenters. The summed E-state index contributed by atoms with van der Waals surface area (Å²) in [5.74, 6) is 2.61. The van der Waals surface area contributed by atoms with Crippen molar-refractivity contribution in [1.29, 1.82) is 0 Å². The van der Waals surface area contributed by atoms with Crippen molar-refractivity contribution in [2.75, 3.05) is 37.7 Å². The van der Waals surface area contributed by atoms with Crippen LogP contribution < -0.4 is 14.4 Å². The minimum Gasteiger partial charge on any atom is -0.485 e. The van der Waals surface area contributed by atoms with Gasteiger partial charge in [-0.1, -0.05) is 12.1 Å². The van der Waals surface area contributed by atoms with E-state index < -0.39 is 6.10 Å². The molecule has 4 heterocycles. The number of rotatable bonds is 3. The van der Waals surface area contributed by atoms with Crippen LogP contribution in [0.2, 0.25) is 0 Å². The standard InChI is InChI=1S/C19H19N7O3/c27-19(16-11-28-14-3-1-2-4-15(14)29-16)25-9-7-24(8-10-25)17-5-6-18(23-22-17)26-13-20-12-21-26/h1-6,12-13,16H,7-11H2/t16-/m1/s1. The van der Waals surface area contributed by atoms with Crippen molar-refractivity contribution in [2.45, 2.75) is 6.10 Å². The van der Waals surface area contributed by atoms with Gasteiger partial charge < -0.3 is 19.3 Å². The average Bonchev–Trinajstić information content (AvgIpc) is 3.33. The molecule has 10 nitrogen and oxygen atoms in total. The zero-order valence-corrected chi connectivity index (χ0v) is 15.6. The first-order valence-corrected chi connectivity index (χ1v) is 9.39. The maximum absolute atomic E-state index is 12.8. The number of anilines is 1. The predicted octanol–water partition coefficient (Wildman–Crippen LogP) is 0.546. The molecule has 0 N–H and O–H groups in total. The average molecular weight is 393 g/mol. The summed E-state index contributed by atoms with van der Waals surface area (Å²) >= 11 is 0. The summed E-state index contributed by atoms with van der Waals surface area (Å²) in [7, 11) is 0. The van der Waals surface area contributed by atoms with Crippen LogP contribution >= 0.6 is 0 Å². The third-order valence-corrected chi connectivity index (χ3v) is 4.99. The van der Waals surface area contributed by atoms with Gasteiger partial charge in [-0.05, 0) is 24.3 Å². The Morgan fingerprint density at radius 1 is 0.966 bits per heavy atom. The lowest BCUT2D eigenvalue weighted by molar-refractivity contribution is -0.141. The molecule has 148 valence electrons. The van der Waals surface area contributed by atoms with Crippen molar-refractivity contribution in [3.05, 3.63) is 49.1 Å². The second-order valence-electron chi connectivity index (χ2n) is 6.77. The Labute approximate surface area is 166 Å². The van der Waals surface area contributed by atoms with Gasteiger partial charge in [-0.25, -0.2) is 9.67 Å². The van der Waals surface area contributed by atoms with E-state index in [-0.39, 0.29) is 12.5 Å². The first kappa shape index (κ1) is 17.4. The highest BCUT2D eigenvalue weighted by Gasteiger charge is 2.32. The number of amides is 1. The highest BCUT2D eigenvalue weighted by molar-refractivity contribution is 5.82. The molecule has 3 aromatic rings. The lowest BCUT2D eigenvalue weighted by Crippen LogP contribution is -2.54.